The van der Waals surface area contributed by atoms with Crippen molar-refractivity contribution >= 4 is 44.7 Å². The second-order valence-corrected chi connectivity index (χ2v) is 11.6. The lowest BCUT2D eigenvalue weighted by Gasteiger charge is -2.22. The Kier molecular flexibility index (Phi) is 8.83. The number of anilines is 1. The summed E-state index contributed by atoms with van der Waals surface area (Å²) in [6.07, 6.45) is 2.07. The third-order valence-electron chi connectivity index (χ3n) is 6.21. The fourth-order valence-electron chi connectivity index (χ4n) is 4.37. The summed E-state index contributed by atoms with van der Waals surface area (Å²) < 4.78 is 2.03. The van der Waals surface area contributed by atoms with E-state index in [0.29, 0.717) is 24.3 Å². The van der Waals surface area contributed by atoms with Crippen molar-refractivity contribution in [3.8, 4) is 0 Å². The van der Waals surface area contributed by atoms with Crippen LogP contribution in [0.2, 0.25) is 4.34 Å². The lowest BCUT2D eigenvalue weighted by Crippen LogP contribution is -2.33. The van der Waals surface area contributed by atoms with Crippen molar-refractivity contribution < 1.29 is 4.79 Å². The van der Waals surface area contributed by atoms with Gasteiger partial charge in [-0.25, -0.2) is 4.79 Å². The number of hydrogen-bond donors (Lipinski definition) is 2. The largest absolute Gasteiger partial charge is 0.337 e. The minimum atomic E-state index is -0.157. The van der Waals surface area contributed by atoms with Crippen LogP contribution in [-0.2, 0) is 0 Å². The molecule has 3 aromatic rings. The molecule has 33 heavy (non-hydrogen) atoms. The number of hydrogen-bond acceptors (Lipinski definition) is 2. The summed E-state index contributed by atoms with van der Waals surface area (Å²) in [6.45, 7) is 13.7. The predicted octanol–water partition coefficient (Wildman–Crippen LogP) is 9.14. The molecule has 0 fully saturated rings. The molecule has 3 rings (SSSR count). The van der Waals surface area contributed by atoms with Crippen LogP contribution >= 0.6 is 22.9 Å². The number of fused-ring (bicyclic) bond motifs is 1. The van der Waals surface area contributed by atoms with Crippen LogP contribution in [0.4, 0.5) is 10.5 Å². The molecule has 0 saturated heterocycles. The van der Waals surface area contributed by atoms with Crippen LogP contribution in [0.1, 0.15) is 88.8 Å². The Balaban J connectivity index is 1.82. The van der Waals surface area contributed by atoms with Crippen LogP contribution < -0.4 is 10.6 Å². The Morgan fingerprint density at radius 2 is 1.55 bits per heavy atom. The van der Waals surface area contributed by atoms with Crippen molar-refractivity contribution in [1.29, 1.82) is 0 Å². The van der Waals surface area contributed by atoms with Crippen molar-refractivity contribution in [2.45, 2.75) is 72.1 Å². The maximum Gasteiger partial charge on any atom is 0.319 e. The van der Waals surface area contributed by atoms with Crippen molar-refractivity contribution in [3.63, 3.8) is 0 Å². The highest BCUT2D eigenvalue weighted by Gasteiger charge is 2.22. The number of rotatable bonds is 9. The zero-order valence-corrected chi connectivity index (χ0v) is 22.2. The molecule has 5 heteroatoms. The molecule has 2 N–H and O–H groups in total. The molecule has 0 spiro atoms. The average molecular weight is 485 g/mol. The van der Waals surface area contributed by atoms with E-state index in [9.17, 15) is 4.79 Å². The lowest BCUT2D eigenvalue weighted by molar-refractivity contribution is 0.251. The molecule has 0 radical (unpaired) electrons. The summed E-state index contributed by atoms with van der Waals surface area (Å²) >= 11 is 8.35. The molecule has 1 atom stereocenters. The normalized spacial score (nSPS) is 12.7. The molecule has 0 saturated carbocycles. The van der Waals surface area contributed by atoms with Gasteiger partial charge in [-0.05, 0) is 52.3 Å². The predicted molar refractivity (Wildman–Crippen MR) is 145 cm³/mol. The molecule has 1 unspecified atom stereocenters. The number of carbonyl (C=O) groups is 1. The lowest BCUT2D eigenvalue weighted by atomic mass is 9.91. The second-order valence-electron chi connectivity index (χ2n) is 9.91. The Hall–Kier alpha value is -2.04. The molecule has 0 aliphatic rings. The highest BCUT2D eigenvalue weighted by molar-refractivity contribution is 7.23. The molecule has 0 aliphatic carbocycles. The zero-order chi connectivity index (χ0) is 24.1. The van der Waals surface area contributed by atoms with Crippen molar-refractivity contribution in [3.05, 3.63) is 63.5 Å². The summed E-state index contributed by atoms with van der Waals surface area (Å²) in [5.41, 5.74) is 4.44. The molecule has 1 aromatic heterocycles. The molecular weight excluding hydrogens is 448 g/mol. The minimum Gasteiger partial charge on any atom is -0.337 e. The summed E-state index contributed by atoms with van der Waals surface area (Å²) in [5, 5.41) is 7.55. The number of halogens is 1. The average Bonchev–Trinajstić information content (AvgIpc) is 3.09. The first-order chi connectivity index (χ1) is 15.7. The maximum absolute atomic E-state index is 13.1. The zero-order valence-electron chi connectivity index (χ0n) is 20.7. The number of amides is 2. The van der Waals surface area contributed by atoms with Crippen molar-refractivity contribution in [1.82, 2.24) is 5.32 Å². The van der Waals surface area contributed by atoms with Crippen LogP contribution in [-0.4, -0.2) is 12.6 Å². The van der Waals surface area contributed by atoms with Crippen LogP contribution in [0.25, 0.3) is 10.1 Å². The summed E-state index contributed by atoms with van der Waals surface area (Å²) in [7, 11) is 0. The Morgan fingerprint density at radius 3 is 2.15 bits per heavy atom. The molecule has 178 valence electrons. The third-order valence-corrected chi connectivity index (χ3v) is 7.62. The first-order valence-corrected chi connectivity index (χ1v) is 13.2. The Bertz CT molecular complexity index is 1060. The highest BCUT2D eigenvalue weighted by atomic mass is 35.5. The Morgan fingerprint density at radius 1 is 0.909 bits per heavy atom. The van der Waals surface area contributed by atoms with Gasteiger partial charge in [0.15, 0.2) is 0 Å². The summed E-state index contributed by atoms with van der Waals surface area (Å²) in [5.74, 6) is 1.42. The summed E-state index contributed by atoms with van der Waals surface area (Å²) in [6, 6.07) is 14.5. The smallest absolute Gasteiger partial charge is 0.319 e. The number of nitrogens with one attached hydrogen (secondary N) is 2. The van der Waals surface area contributed by atoms with Gasteiger partial charge in [0.25, 0.3) is 0 Å². The van der Waals surface area contributed by atoms with Gasteiger partial charge in [0, 0.05) is 22.8 Å². The monoisotopic (exact) mass is 484 g/mol. The SMILES string of the molecule is CC(C)CCC(CNC(=O)Nc1c(C(C)C)cccc1C(C)C)c1c(Cl)sc2ccccc12. The van der Waals surface area contributed by atoms with Gasteiger partial charge < -0.3 is 10.6 Å². The standard InChI is InChI=1S/C28H37ClN2OS/c1-17(2)14-15-20(25-23-10-7-8-13-24(23)33-27(25)29)16-30-28(32)31-26-21(18(3)4)11-9-12-22(26)19(5)6/h7-13,17-20H,14-16H2,1-6H3,(H2,30,31,32). The van der Waals surface area contributed by atoms with Crippen LogP contribution in [0.3, 0.4) is 0 Å². The highest BCUT2D eigenvalue weighted by Crippen LogP contribution is 2.41. The number of urea groups is 1. The molecule has 1 heterocycles. The van der Waals surface area contributed by atoms with Gasteiger partial charge in [-0.1, -0.05) is 96.0 Å². The first-order valence-electron chi connectivity index (χ1n) is 12.0. The molecule has 0 bridgehead atoms. The van der Waals surface area contributed by atoms with E-state index in [1.807, 2.05) is 6.07 Å². The molecule has 0 aliphatic heterocycles. The van der Waals surface area contributed by atoms with Gasteiger partial charge in [0.1, 0.15) is 0 Å². The van der Waals surface area contributed by atoms with E-state index in [2.05, 4.69) is 88.6 Å². The minimum absolute atomic E-state index is 0.157. The summed E-state index contributed by atoms with van der Waals surface area (Å²) in [4.78, 5) is 13.1. The van der Waals surface area contributed by atoms with E-state index in [4.69, 9.17) is 11.6 Å². The van der Waals surface area contributed by atoms with E-state index in [-0.39, 0.29) is 11.9 Å². The van der Waals surface area contributed by atoms with Gasteiger partial charge in [-0.3, -0.25) is 0 Å². The fraction of sp³-hybridized carbons (Fsp3) is 0.464. The number of benzene rings is 2. The molecule has 3 nitrogen and oxygen atoms in total. The molecular formula is C28H37ClN2OS. The van der Waals surface area contributed by atoms with Gasteiger partial charge in [-0.15, -0.1) is 11.3 Å². The van der Waals surface area contributed by atoms with Gasteiger partial charge in [-0.2, -0.15) is 0 Å². The van der Waals surface area contributed by atoms with E-state index < -0.39 is 0 Å². The second kappa shape index (κ2) is 11.4. The number of para-hydroxylation sites is 1. The van der Waals surface area contributed by atoms with E-state index in [1.165, 1.54) is 26.8 Å². The van der Waals surface area contributed by atoms with Crippen molar-refractivity contribution in [2.24, 2.45) is 5.92 Å². The van der Waals surface area contributed by atoms with E-state index >= 15 is 0 Å². The van der Waals surface area contributed by atoms with Crippen LogP contribution in [0.5, 0.6) is 0 Å². The quantitative estimate of drug-likeness (QED) is 0.312. The fourth-order valence-corrected chi connectivity index (χ4v) is 5.89. The molecule has 2 amide bonds. The van der Waals surface area contributed by atoms with Gasteiger partial charge in [0.2, 0.25) is 0 Å². The van der Waals surface area contributed by atoms with E-state index in [1.54, 1.807) is 11.3 Å². The maximum atomic E-state index is 13.1. The van der Waals surface area contributed by atoms with Gasteiger partial charge in [0.05, 0.1) is 4.34 Å². The number of thiophene rings is 1. The first kappa shape index (κ1) is 25.6. The topological polar surface area (TPSA) is 41.1 Å². The Labute approximate surface area is 207 Å². The van der Waals surface area contributed by atoms with Crippen LogP contribution in [0.15, 0.2) is 42.5 Å². The van der Waals surface area contributed by atoms with Gasteiger partial charge >= 0.3 is 6.03 Å². The van der Waals surface area contributed by atoms with Crippen LogP contribution in [0, 0.1) is 5.92 Å². The van der Waals surface area contributed by atoms with Crippen molar-refractivity contribution in [2.75, 3.05) is 11.9 Å². The number of carbonyl (C=O) groups excluding carboxylic acids is 1. The molecule has 2 aromatic carbocycles. The third kappa shape index (κ3) is 6.30. The van der Waals surface area contributed by atoms with E-state index in [0.717, 1.165) is 22.9 Å².